The Labute approximate surface area is 197 Å². The second-order valence-corrected chi connectivity index (χ2v) is 13.5. The van der Waals surface area contributed by atoms with Gasteiger partial charge in [-0.25, -0.2) is 0 Å². The van der Waals surface area contributed by atoms with E-state index in [2.05, 4.69) is 13.8 Å². The highest BCUT2D eigenvalue weighted by Crippen LogP contribution is 2.73. The van der Waals surface area contributed by atoms with Crippen LogP contribution in [0, 0.1) is 76.9 Å². The Kier molecular flexibility index (Phi) is 4.63. The molecular weight excluding hydrogens is 416 g/mol. The quantitative estimate of drug-likeness (QED) is 0.499. The molecule has 8 fully saturated rings. The summed E-state index contributed by atoms with van der Waals surface area (Å²) in [6.07, 6.45) is 9.35. The highest BCUT2D eigenvalue weighted by atomic mass is 16.6. The Morgan fingerprint density at radius 2 is 1.24 bits per heavy atom. The van der Waals surface area contributed by atoms with Crippen molar-refractivity contribution in [1.29, 1.82) is 0 Å². The number of fused-ring (bicyclic) bond motifs is 9. The molecule has 8 bridgehead atoms. The van der Waals surface area contributed by atoms with Crippen molar-refractivity contribution >= 4 is 11.9 Å². The molecule has 0 aromatic heterocycles. The lowest BCUT2D eigenvalue weighted by Gasteiger charge is -2.56. The third-order valence-corrected chi connectivity index (χ3v) is 12.2. The normalized spacial score (nSPS) is 56.9. The molecule has 182 valence electrons. The molecule has 0 saturated heterocycles. The van der Waals surface area contributed by atoms with E-state index in [1.807, 2.05) is 0 Å². The average molecular weight is 457 g/mol. The van der Waals surface area contributed by atoms with Gasteiger partial charge in [0.1, 0.15) is 12.2 Å². The van der Waals surface area contributed by atoms with Gasteiger partial charge in [0.2, 0.25) is 0 Å². The summed E-state index contributed by atoms with van der Waals surface area (Å²) in [5.74, 6) is 5.65. The number of aliphatic hydroxyl groups is 1. The molecule has 0 aromatic carbocycles. The van der Waals surface area contributed by atoms with Crippen LogP contribution in [0.5, 0.6) is 0 Å². The van der Waals surface area contributed by atoms with E-state index in [1.165, 1.54) is 25.7 Å². The van der Waals surface area contributed by atoms with Crippen LogP contribution in [0.1, 0.15) is 65.2 Å². The van der Waals surface area contributed by atoms with E-state index in [0.717, 1.165) is 49.4 Å². The fourth-order valence-corrected chi connectivity index (χ4v) is 11.6. The Bertz CT molecular complexity index is 816. The van der Waals surface area contributed by atoms with Crippen LogP contribution in [0.2, 0.25) is 0 Å². The van der Waals surface area contributed by atoms with Gasteiger partial charge < -0.3 is 14.6 Å². The first-order valence-electron chi connectivity index (χ1n) is 13.9. The van der Waals surface area contributed by atoms with Gasteiger partial charge in [-0.2, -0.15) is 0 Å². The van der Waals surface area contributed by atoms with Crippen molar-refractivity contribution in [3.05, 3.63) is 0 Å². The van der Waals surface area contributed by atoms with Crippen LogP contribution in [-0.2, 0) is 19.1 Å². The fourth-order valence-electron chi connectivity index (χ4n) is 11.6. The summed E-state index contributed by atoms with van der Waals surface area (Å²) in [5, 5.41) is 9.24. The Morgan fingerprint density at radius 3 is 1.76 bits per heavy atom. The molecular formula is C28H40O5. The number of hydrogen-bond acceptors (Lipinski definition) is 5. The summed E-state index contributed by atoms with van der Waals surface area (Å²) in [6.45, 7) is 4.67. The van der Waals surface area contributed by atoms with E-state index < -0.39 is 0 Å². The predicted molar refractivity (Wildman–Crippen MR) is 121 cm³/mol. The van der Waals surface area contributed by atoms with Gasteiger partial charge in [-0.1, -0.05) is 13.8 Å². The van der Waals surface area contributed by atoms with Crippen LogP contribution in [0.4, 0.5) is 0 Å². The van der Waals surface area contributed by atoms with Crippen molar-refractivity contribution in [2.24, 2.45) is 76.9 Å². The Morgan fingerprint density at radius 1 is 0.758 bits per heavy atom. The summed E-state index contributed by atoms with van der Waals surface area (Å²) in [4.78, 5) is 27.2. The number of hydrogen-bond donors (Lipinski definition) is 1. The lowest BCUT2D eigenvalue weighted by Crippen LogP contribution is -2.55. The first-order valence-corrected chi connectivity index (χ1v) is 13.9. The van der Waals surface area contributed by atoms with Gasteiger partial charge in [0.15, 0.2) is 0 Å². The number of carbonyl (C=O) groups is 2. The average Bonchev–Trinajstić information content (AvgIpc) is 3.49. The number of rotatable bonds is 5. The number of ether oxygens (including phenoxy) is 2. The summed E-state index contributed by atoms with van der Waals surface area (Å²) in [6, 6.07) is 0. The van der Waals surface area contributed by atoms with Gasteiger partial charge in [0.25, 0.3) is 0 Å². The zero-order chi connectivity index (χ0) is 22.6. The van der Waals surface area contributed by atoms with Gasteiger partial charge in [-0.3, -0.25) is 9.59 Å². The van der Waals surface area contributed by atoms with Crippen LogP contribution in [0.3, 0.4) is 0 Å². The van der Waals surface area contributed by atoms with Crippen molar-refractivity contribution < 1.29 is 24.2 Å². The van der Waals surface area contributed by atoms with E-state index in [1.54, 1.807) is 0 Å². The second-order valence-electron chi connectivity index (χ2n) is 13.5. The van der Waals surface area contributed by atoms with Crippen LogP contribution >= 0.6 is 0 Å². The maximum absolute atomic E-state index is 14.0. The summed E-state index contributed by atoms with van der Waals surface area (Å²) < 4.78 is 12.0. The molecule has 0 amide bonds. The van der Waals surface area contributed by atoms with E-state index in [-0.39, 0.29) is 54.4 Å². The number of aliphatic hydroxyl groups excluding tert-OH is 1. The van der Waals surface area contributed by atoms with E-state index >= 15 is 0 Å². The molecule has 10 atom stereocenters. The molecule has 8 saturated carbocycles. The van der Waals surface area contributed by atoms with Crippen LogP contribution in [0.25, 0.3) is 0 Å². The topological polar surface area (TPSA) is 72.8 Å². The van der Waals surface area contributed by atoms with Crippen molar-refractivity contribution in [3.63, 3.8) is 0 Å². The first kappa shape index (κ1) is 21.2. The van der Waals surface area contributed by atoms with Crippen LogP contribution < -0.4 is 0 Å². The molecule has 8 rings (SSSR count). The second kappa shape index (κ2) is 7.21. The molecule has 1 N–H and O–H groups in total. The molecule has 0 heterocycles. The highest BCUT2D eigenvalue weighted by molar-refractivity contribution is 5.84. The molecule has 0 aliphatic heterocycles. The summed E-state index contributed by atoms with van der Waals surface area (Å²) in [5.41, 5.74) is -0.261. The summed E-state index contributed by atoms with van der Waals surface area (Å²) in [7, 11) is 0. The molecule has 33 heavy (non-hydrogen) atoms. The molecule has 0 aromatic rings. The SMILES string of the molecule is CC1C(C)C2CC1C1C3CC(C(C(=O)OC45CC6CC(CC(C6)C4)C5)C3C(=O)OCCO)C21. The molecule has 5 heteroatoms. The fraction of sp³-hybridized carbons (Fsp3) is 0.929. The maximum Gasteiger partial charge on any atom is 0.310 e. The van der Waals surface area contributed by atoms with Gasteiger partial charge >= 0.3 is 11.9 Å². The monoisotopic (exact) mass is 456 g/mol. The lowest BCUT2D eigenvalue weighted by atomic mass is 9.54. The van der Waals surface area contributed by atoms with E-state index in [9.17, 15) is 14.7 Å². The zero-order valence-corrected chi connectivity index (χ0v) is 20.2. The minimum absolute atomic E-state index is 0.0249. The smallest absolute Gasteiger partial charge is 0.310 e. The van der Waals surface area contributed by atoms with Gasteiger partial charge in [0.05, 0.1) is 18.4 Å². The third kappa shape index (κ3) is 2.87. The molecule has 0 spiro atoms. The first-order chi connectivity index (χ1) is 15.9. The number of esters is 2. The third-order valence-electron chi connectivity index (χ3n) is 12.2. The standard InChI is InChI=1S/C28H40O5/c1-13-14(2)19-8-18(13)22-20-9-21(23(19)22)25(24(20)26(30)32-4-3-29)27(31)33-28-10-15-5-16(11-28)7-17(6-15)12-28/h13-25,29H,3-12H2,1-2H3. The molecule has 10 unspecified atom stereocenters. The highest BCUT2D eigenvalue weighted by Gasteiger charge is 2.71. The van der Waals surface area contributed by atoms with Crippen LogP contribution in [-0.4, -0.2) is 35.9 Å². The van der Waals surface area contributed by atoms with Crippen molar-refractivity contribution in [3.8, 4) is 0 Å². The van der Waals surface area contributed by atoms with Gasteiger partial charge in [0, 0.05) is 0 Å². The van der Waals surface area contributed by atoms with E-state index in [4.69, 9.17) is 9.47 Å². The minimum atomic E-state index is -0.369. The van der Waals surface area contributed by atoms with Crippen molar-refractivity contribution in [1.82, 2.24) is 0 Å². The molecule has 0 radical (unpaired) electrons. The summed E-state index contributed by atoms with van der Waals surface area (Å²) >= 11 is 0. The van der Waals surface area contributed by atoms with Crippen molar-refractivity contribution in [2.75, 3.05) is 13.2 Å². The number of carbonyl (C=O) groups excluding carboxylic acids is 2. The predicted octanol–water partition coefficient (Wildman–Crippen LogP) is 4.07. The maximum atomic E-state index is 14.0. The Hall–Kier alpha value is -1.10. The molecule has 8 aliphatic carbocycles. The minimum Gasteiger partial charge on any atom is -0.463 e. The van der Waals surface area contributed by atoms with E-state index in [0.29, 0.717) is 29.6 Å². The van der Waals surface area contributed by atoms with Gasteiger partial charge in [-0.05, 0) is 116 Å². The van der Waals surface area contributed by atoms with Crippen LogP contribution in [0.15, 0.2) is 0 Å². The molecule has 5 nitrogen and oxygen atoms in total. The zero-order valence-electron chi connectivity index (χ0n) is 20.2. The molecule has 8 aliphatic rings. The Balaban J connectivity index is 1.18. The largest absolute Gasteiger partial charge is 0.463 e. The van der Waals surface area contributed by atoms with Crippen molar-refractivity contribution in [2.45, 2.75) is 70.8 Å². The lowest BCUT2D eigenvalue weighted by molar-refractivity contribution is -0.199. The van der Waals surface area contributed by atoms with Gasteiger partial charge in [-0.15, -0.1) is 0 Å².